The number of halogens is 1. The maximum atomic E-state index is 13.3. The minimum atomic E-state index is -0.560. The molecule has 0 amide bonds. The molecule has 0 spiro atoms. The fourth-order valence-corrected chi connectivity index (χ4v) is 5.29. The van der Waals surface area contributed by atoms with Gasteiger partial charge in [-0.25, -0.2) is 9.48 Å². The lowest BCUT2D eigenvalue weighted by molar-refractivity contribution is -0.139. The van der Waals surface area contributed by atoms with Crippen LogP contribution in [0.25, 0.3) is 0 Å². The van der Waals surface area contributed by atoms with Gasteiger partial charge in [0.25, 0.3) is 0 Å². The summed E-state index contributed by atoms with van der Waals surface area (Å²) >= 11 is 5.22. The van der Waals surface area contributed by atoms with Crippen molar-refractivity contribution in [2.75, 3.05) is 24.8 Å². The Hall–Kier alpha value is -2.98. The minimum Gasteiger partial charge on any atom is -0.493 e. The Morgan fingerprint density at radius 2 is 1.95 bits per heavy atom. The lowest BCUT2D eigenvalue weighted by Crippen LogP contribution is -2.30. The highest BCUT2D eigenvalue weighted by molar-refractivity contribution is 9.10. The van der Waals surface area contributed by atoms with Crippen LogP contribution in [0.2, 0.25) is 0 Å². The first-order chi connectivity index (χ1) is 18.4. The summed E-state index contributed by atoms with van der Waals surface area (Å²) in [5.74, 6) is 2.15. The topological polar surface area (TPSA) is 87.5 Å². The fourth-order valence-electron chi connectivity index (χ4n) is 4.16. The molecule has 1 N–H and O–H groups in total. The predicted octanol–water partition coefficient (Wildman–Crippen LogP) is 6.68. The van der Waals surface area contributed by atoms with Crippen LogP contribution in [-0.4, -0.2) is 40.2 Å². The molecule has 10 heteroatoms. The summed E-state index contributed by atoms with van der Waals surface area (Å²) in [6.07, 6.45) is 1.74. The van der Waals surface area contributed by atoms with Gasteiger partial charge in [-0.2, -0.15) is 4.98 Å². The van der Waals surface area contributed by atoms with Crippen LogP contribution >= 0.6 is 27.7 Å². The van der Waals surface area contributed by atoms with Crippen molar-refractivity contribution in [1.82, 2.24) is 14.8 Å². The molecule has 3 aromatic rings. The lowest BCUT2D eigenvalue weighted by Gasteiger charge is -2.29. The molecule has 0 aliphatic carbocycles. The molecule has 38 heavy (non-hydrogen) atoms. The van der Waals surface area contributed by atoms with E-state index in [-0.39, 0.29) is 5.97 Å². The van der Waals surface area contributed by atoms with E-state index >= 15 is 0 Å². The number of nitrogens with one attached hydrogen (secondary N) is 1. The van der Waals surface area contributed by atoms with Gasteiger partial charge in [-0.1, -0.05) is 61.9 Å². The molecule has 0 saturated carbocycles. The van der Waals surface area contributed by atoms with Gasteiger partial charge in [0, 0.05) is 5.70 Å². The number of hydrogen-bond acceptors (Lipinski definition) is 8. The minimum absolute atomic E-state index is 0.360. The van der Waals surface area contributed by atoms with Crippen LogP contribution in [-0.2, 0) is 16.1 Å². The number of methoxy groups -OCH3 is 1. The largest absolute Gasteiger partial charge is 0.493 e. The molecule has 0 fully saturated rings. The van der Waals surface area contributed by atoms with Gasteiger partial charge in [-0.15, -0.1) is 5.10 Å². The average molecular weight is 602 g/mol. The van der Waals surface area contributed by atoms with Gasteiger partial charge in [-0.3, -0.25) is 0 Å². The summed E-state index contributed by atoms with van der Waals surface area (Å²) < 4.78 is 20.0. The maximum Gasteiger partial charge on any atom is 0.338 e. The fraction of sp³-hybridized carbons (Fsp3) is 0.393. The van der Waals surface area contributed by atoms with Gasteiger partial charge < -0.3 is 19.5 Å². The van der Waals surface area contributed by atoms with E-state index in [0.29, 0.717) is 51.6 Å². The van der Waals surface area contributed by atoms with Crippen molar-refractivity contribution in [2.24, 2.45) is 0 Å². The van der Waals surface area contributed by atoms with Gasteiger partial charge in [0.05, 0.1) is 23.8 Å². The second-order valence-corrected chi connectivity index (χ2v) is 11.0. The van der Waals surface area contributed by atoms with Crippen LogP contribution in [0.15, 0.2) is 57.3 Å². The van der Waals surface area contributed by atoms with Crippen molar-refractivity contribution >= 4 is 39.6 Å². The molecule has 0 radical (unpaired) electrons. The van der Waals surface area contributed by atoms with E-state index in [1.54, 1.807) is 23.6 Å². The lowest BCUT2D eigenvalue weighted by atomic mass is 9.95. The number of hydrogen-bond donors (Lipinski definition) is 1. The van der Waals surface area contributed by atoms with E-state index < -0.39 is 6.04 Å². The summed E-state index contributed by atoms with van der Waals surface area (Å²) in [6, 6.07) is 11.5. The summed E-state index contributed by atoms with van der Waals surface area (Å²) in [7, 11) is 1.60. The zero-order valence-corrected chi connectivity index (χ0v) is 24.7. The number of carbonyl (C=O) groups excluding carboxylic acids is 1. The molecule has 0 saturated heterocycles. The third kappa shape index (κ3) is 6.18. The molecular weight excluding hydrogens is 568 g/mol. The van der Waals surface area contributed by atoms with Crippen molar-refractivity contribution < 1.29 is 19.0 Å². The van der Waals surface area contributed by atoms with Crippen molar-refractivity contribution in [3.8, 4) is 11.5 Å². The maximum absolute atomic E-state index is 13.3. The first-order valence-electron chi connectivity index (χ1n) is 12.7. The number of thioether (sulfide) groups is 1. The Kier molecular flexibility index (Phi) is 9.38. The number of aromatic nitrogens is 3. The van der Waals surface area contributed by atoms with E-state index in [1.807, 2.05) is 38.1 Å². The van der Waals surface area contributed by atoms with E-state index in [1.165, 1.54) is 5.56 Å². The number of esters is 1. The Bertz CT molecular complexity index is 1320. The summed E-state index contributed by atoms with van der Waals surface area (Å²) in [5, 5.41) is 8.61. The van der Waals surface area contributed by atoms with Gasteiger partial charge >= 0.3 is 5.97 Å². The number of nitrogens with zero attached hydrogens (tertiary/aromatic N) is 3. The Labute approximate surface area is 236 Å². The molecule has 1 unspecified atom stereocenters. The van der Waals surface area contributed by atoms with Crippen molar-refractivity contribution in [3.05, 3.63) is 68.8 Å². The normalized spacial score (nSPS) is 14.6. The van der Waals surface area contributed by atoms with Crippen LogP contribution in [0.4, 0.5) is 5.95 Å². The van der Waals surface area contributed by atoms with Crippen molar-refractivity contribution in [2.45, 2.75) is 58.3 Å². The SMILES string of the molecule is CCCCOC(=O)C1=C(C)Nc2nc(SCC)nn2C1c1cc(Br)c(OCc2ccc(C)cc2)c(OC)c1. The zero-order chi connectivity index (χ0) is 27.2. The van der Waals surface area contributed by atoms with E-state index in [0.717, 1.165) is 29.7 Å². The number of unbranched alkanes of at least 4 members (excludes halogenated alkanes) is 1. The molecule has 1 atom stereocenters. The number of anilines is 1. The van der Waals surface area contributed by atoms with E-state index in [9.17, 15) is 4.79 Å². The summed E-state index contributed by atoms with van der Waals surface area (Å²) in [6.45, 7) is 8.77. The number of benzene rings is 2. The smallest absolute Gasteiger partial charge is 0.338 e. The number of ether oxygens (including phenoxy) is 3. The van der Waals surface area contributed by atoms with Crippen LogP contribution in [0.1, 0.15) is 56.3 Å². The average Bonchev–Trinajstić information content (AvgIpc) is 3.29. The quantitative estimate of drug-likeness (QED) is 0.148. The number of allylic oxidation sites excluding steroid dienone is 1. The highest BCUT2D eigenvalue weighted by atomic mass is 79.9. The number of carbonyl (C=O) groups is 1. The molecule has 1 aliphatic rings. The van der Waals surface area contributed by atoms with Gasteiger partial charge in [0.1, 0.15) is 12.6 Å². The van der Waals surface area contributed by atoms with E-state index in [4.69, 9.17) is 19.3 Å². The molecule has 2 aromatic carbocycles. The number of rotatable bonds is 11. The first-order valence-corrected chi connectivity index (χ1v) is 14.4. The third-order valence-electron chi connectivity index (χ3n) is 6.13. The first kappa shape index (κ1) is 28.0. The molecule has 8 nitrogen and oxygen atoms in total. The second-order valence-electron chi connectivity index (χ2n) is 8.96. The van der Waals surface area contributed by atoms with Crippen molar-refractivity contribution in [3.63, 3.8) is 0 Å². The monoisotopic (exact) mass is 600 g/mol. The Morgan fingerprint density at radius 1 is 1.18 bits per heavy atom. The van der Waals surface area contributed by atoms with Crippen LogP contribution in [0.5, 0.6) is 11.5 Å². The number of fused-ring (bicyclic) bond motifs is 1. The molecule has 1 aliphatic heterocycles. The third-order valence-corrected chi connectivity index (χ3v) is 7.44. The van der Waals surface area contributed by atoms with Crippen LogP contribution in [0.3, 0.4) is 0 Å². The van der Waals surface area contributed by atoms with E-state index in [2.05, 4.69) is 52.2 Å². The molecular formula is C28H33BrN4O4S. The molecule has 202 valence electrons. The molecule has 4 rings (SSSR count). The summed E-state index contributed by atoms with van der Waals surface area (Å²) in [4.78, 5) is 18.0. The number of aryl methyl sites for hydroxylation is 1. The molecule has 0 bridgehead atoms. The highest BCUT2D eigenvalue weighted by Crippen LogP contribution is 2.43. The van der Waals surface area contributed by atoms with Gasteiger partial charge in [-0.05, 0) is 65.2 Å². The second kappa shape index (κ2) is 12.7. The zero-order valence-electron chi connectivity index (χ0n) is 22.3. The summed E-state index contributed by atoms with van der Waals surface area (Å²) in [5.41, 5.74) is 4.20. The Morgan fingerprint density at radius 3 is 2.63 bits per heavy atom. The molecule has 1 aromatic heterocycles. The van der Waals surface area contributed by atoms with Crippen molar-refractivity contribution in [1.29, 1.82) is 0 Å². The Balaban J connectivity index is 1.73. The van der Waals surface area contributed by atoms with Crippen LogP contribution in [0, 0.1) is 6.92 Å². The predicted molar refractivity (Wildman–Crippen MR) is 153 cm³/mol. The van der Waals surface area contributed by atoms with Crippen LogP contribution < -0.4 is 14.8 Å². The molecule has 2 heterocycles. The van der Waals surface area contributed by atoms with Gasteiger partial charge in [0.2, 0.25) is 11.1 Å². The van der Waals surface area contributed by atoms with Gasteiger partial charge in [0.15, 0.2) is 11.5 Å². The standard InChI is InChI=1S/C28H33BrN4O4S/c1-6-8-13-36-26(34)23-18(4)30-27-31-28(38-7-2)32-33(27)24(23)20-14-21(29)25(22(15-20)35-5)37-16-19-11-9-17(3)10-12-19/h9-12,14-15,24H,6-8,13,16H2,1-5H3,(H,30,31,32). The highest BCUT2D eigenvalue weighted by Gasteiger charge is 2.36.